The first-order valence-corrected chi connectivity index (χ1v) is 7.12. The van der Waals surface area contributed by atoms with Crippen molar-refractivity contribution >= 4 is 5.91 Å². The molecule has 1 heterocycles. The van der Waals surface area contributed by atoms with Crippen LogP contribution in [0.5, 0.6) is 0 Å². The number of amides is 1. The third-order valence-corrected chi connectivity index (χ3v) is 3.74. The van der Waals surface area contributed by atoms with Crippen LogP contribution in [0, 0.1) is 0 Å². The number of nitrogens with zero attached hydrogens (tertiary/aromatic N) is 1. The number of rotatable bonds is 5. The zero-order valence-corrected chi connectivity index (χ0v) is 12.2. The summed E-state index contributed by atoms with van der Waals surface area (Å²) in [6.07, 6.45) is 3.86. The van der Waals surface area contributed by atoms with Gasteiger partial charge in [-0.2, -0.15) is 0 Å². The van der Waals surface area contributed by atoms with Gasteiger partial charge in [0, 0.05) is 12.6 Å². The number of β-amino-alcohol motifs (C(OH)–C–C–N with tert-alkyl or cyclic N) is 1. The van der Waals surface area contributed by atoms with E-state index in [1.807, 2.05) is 20.8 Å². The Morgan fingerprint density at radius 2 is 2.17 bits per heavy atom. The van der Waals surface area contributed by atoms with Gasteiger partial charge in [0.25, 0.3) is 0 Å². The first-order valence-electron chi connectivity index (χ1n) is 7.12. The van der Waals surface area contributed by atoms with Crippen LogP contribution >= 0.6 is 0 Å². The maximum absolute atomic E-state index is 12.1. The van der Waals surface area contributed by atoms with Crippen molar-refractivity contribution in [2.24, 2.45) is 0 Å². The molecule has 4 nitrogen and oxygen atoms in total. The van der Waals surface area contributed by atoms with Gasteiger partial charge >= 0.3 is 0 Å². The molecule has 1 rings (SSSR count). The quantitative estimate of drug-likeness (QED) is 0.784. The van der Waals surface area contributed by atoms with Gasteiger partial charge in [-0.3, -0.25) is 9.69 Å². The van der Waals surface area contributed by atoms with E-state index in [-0.39, 0.29) is 18.0 Å². The SMILES string of the molecule is CCCC(C)NC(=O)C(C)N1CCCC(C)(O)C1. The summed E-state index contributed by atoms with van der Waals surface area (Å²) in [5.74, 6) is 0.0775. The maximum Gasteiger partial charge on any atom is 0.237 e. The second-order valence-corrected chi connectivity index (χ2v) is 5.95. The summed E-state index contributed by atoms with van der Waals surface area (Å²) in [5.41, 5.74) is -0.651. The van der Waals surface area contributed by atoms with Gasteiger partial charge in [-0.05, 0) is 46.6 Å². The van der Waals surface area contributed by atoms with E-state index in [4.69, 9.17) is 0 Å². The van der Waals surface area contributed by atoms with Crippen molar-refractivity contribution in [2.75, 3.05) is 13.1 Å². The van der Waals surface area contributed by atoms with Crippen LogP contribution in [-0.4, -0.2) is 46.7 Å². The van der Waals surface area contributed by atoms with Crippen LogP contribution < -0.4 is 5.32 Å². The monoisotopic (exact) mass is 256 g/mol. The first-order chi connectivity index (χ1) is 8.35. The summed E-state index contributed by atoms with van der Waals surface area (Å²) in [7, 11) is 0. The molecule has 1 aliphatic rings. The van der Waals surface area contributed by atoms with E-state index < -0.39 is 5.60 Å². The summed E-state index contributed by atoms with van der Waals surface area (Å²) in [5, 5.41) is 13.1. The van der Waals surface area contributed by atoms with Crippen LogP contribution in [0.4, 0.5) is 0 Å². The highest BCUT2D eigenvalue weighted by Crippen LogP contribution is 2.21. The summed E-state index contributed by atoms with van der Waals surface area (Å²) in [6.45, 7) is 9.42. The molecule has 1 saturated heterocycles. The van der Waals surface area contributed by atoms with E-state index in [1.165, 1.54) is 0 Å². The molecule has 106 valence electrons. The summed E-state index contributed by atoms with van der Waals surface area (Å²) in [4.78, 5) is 14.2. The average Bonchev–Trinajstić information content (AvgIpc) is 2.26. The van der Waals surface area contributed by atoms with Crippen LogP contribution in [0.2, 0.25) is 0 Å². The Hall–Kier alpha value is -0.610. The molecule has 4 heteroatoms. The third-order valence-electron chi connectivity index (χ3n) is 3.74. The molecule has 0 aromatic heterocycles. The Kier molecular flexibility index (Phi) is 5.60. The largest absolute Gasteiger partial charge is 0.389 e. The van der Waals surface area contributed by atoms with Crippen molar-refractivity contribution in [3.63, 3.8) is 0 Å². The molecule has 1 aliphatic heterocycles. The topological polar surface area (TPSA) is 52.6 Å². The number of piperidine rings is 1. The van der Waals surface area contributed by atoms with E-state index in [0.29, 0.717) is 6.54 Å². The first kappa shape index (κ1) is 15.4. The molecule has 3 unspecified atom stereocenters. The van der Waals surface area contributed by atoms with Crippen molar-refractivity contribution in [2.45, 2.75) is 71.1 Å². The Labute approximate surface area is 111 Å². The maximum atomic E-state index is 12.1. The van der Waals surface area contributed by atoms with Crippen LogP contribution in [0.25, 0.3) is 0 Å². The Morgan fingerprint density at radius 3 is 2.72 bits per heavy atom. The van der Waals surface area contributed by atoms with Gasteiger partial charge in [0.2, 0.25) is 5.91 Å². The molecule has 0 radical (unpaired) electrons. The molecule has 0 aliphatic carbocycles. The smallest absolute Gasteiger partial charge is 0.237 e. The molecular weight excluding hydrogens is 228 g/mol. The number of aliphatic hydroxyl groups is 1. The lowest BCUT2D eigenvalue weighted by atomic mass is 9.94. The van der Waals surface area contributed by atoms with Gasteiger partial charge in [-0.15, -0.1) is 0 Å². The van der Waals surface area contributed by atoms with Crippen molar-refractivity contribution in [3.8, 4) is 0 Å². The highest BCUT2D eigenvalue weighted by Gasteiger charge is 2.33. The van der Waals surface area contributed by atoms with Crippen LogP contribution in [0.15, 0.2) is 0 Å². The zero-order valence-electron chi connectivity index (χ0n) is 12.2. The molecule has 2 N–H and O–H groups in total. The van der Waals surface area contributed by atoms with Crippen molar-refractivity contribution in [3.05, 3.63) is 0 Å². The predicted molar refractivity (Wildman–Crippen MR) is 73.4 cm³/mol. The number of likely N-dealkylation sites (tertiary alicyclic amines) is 1. The number of carbonyl (C=O) groups is 1. The number of carbonyl (C=O) groups excluding carboxylic acids is 1. The van der Waals surface area contributed by atoms with E-state index in [9.17, 15) is 9.90 Å². The summed E-state index contributed by atoms with van der Waals surface area (Å²) < 4.78 is 0. The molecule has 18 heavy (non-hydrogen) atoms. The van der Waals surface area contributed by atoms with Crippen molar-refractivity contribution < 1.29 is 9.90 Å². The summed E-state index contributed by atoms with van der Waals surface area (Å²) >= 11 is 0. The van der Waals surface area contributed by atoms with Crippen LogP contribution in [-0.2, 0) is 4.79 Å². The van der Waals surface area contributed by atoms with E-state index in [0.717, 1.165) is 32.2 Å². The molecule has 0 spiro atoms. The fourth-order valence-electron chi connectivity index (χ4n) is 2.62. The zero-order chi connectivity index (χ0) is 13.8. The van der Waals surface area contributed by atoms with Gasteiger partial charge < -0.3 is 10.4 Å². The summed E-state index contributed by atoms with van der Waals surface area (Å²) in [6, 6.07) is 0.0753. The van der Waals surface area contributed by atoms with Gasteiger partial charge in [0.15, 0.2) is 0 Å². The normalized spacial score (nSPS) is 28.7. The fraction of sp³-hybridized carbons (Fsp3) is 0.929. The van der Waals surface area contributed by atoms with Gasteiger partial charge in [0.1, 0.15) is 0 Å². The third kappa shape index (κ3) is 4.58. The minimum Gasteiger partial charge on any atom is -0.389 e. The number of hydrogen-bond donors (Lipinski definition) is 2. The molecule has 1 amide bonds. The molecule has 0 aromatic carbocycles. The lowest BCUT2D eigenvalue weighted by Crippen LogP contribution is -2.54. The lowest BCUT2D eigenvalue weighted by Gasteiger charge is -2.39. The highest BCUT2D eigenvalue weighted by atomic mass is 16.3. The minimum atomic E-state index is -0.651. The van der Waals surface area contributed by atoms with E-state index in [1.54, 1.807) is 0 Å². The average molecular weight is 256 g/mol. The minimum absolute atomic E-state index is 0.0775. The van der Waals surface area contributed by atoms with Crippen LogP contribution in [0.3, 0.4) is 0 Å². The predicted octanol–water partition coefficient (Wildman–Crippen LogP) is 1.53. The van der Waals surface area contributed by atoms with E-state index in [2.05, 4.69) is 17.1 Å². The Balaban J connectivity index is 2.47. The van der Waals surface area contributed by atoms with Gasteiger partial charge in [-0.1, -0.05) is 13.3 Å². The van der Waals surface area contributed by atoms with Gasteiger partial charge in [-0.25, -0.2) is 0 Å². The number of nitrogens with one attached hydrogen (secondary N) is 1. The molecule has 1 fully saturated rings. The van der Waals surface area contributed by atoms with E-state index >= 15 is 0 Å². The molecule has 0 aromatic rings. The highest BCUT2D eigenvalue weighted by molar-refractivity contribution is 5.81. The molecular formula is C14H28N2O2. The van der Waals surface area contributed by atoms with Crippen molar-refractivity contribution in [1.82, 2.24) is 10.2 Å². The van der Waals surface area contributed by atoms with Gasteiger partial charge in [0.05, 0.1) is 11.6 Å². The number of hydrogen-bond acceptors (Lipinski definition) is 3. The molecule has 0 saturated carbocycles. The standard InChI is InChI=1S/C14H28N2O2/c1-5-7-11(2)15-13(17)12(3)16-9-6-8-14(4,18)10-16/h11-12,18H,5-10H2,1-4H3,(H,15,17). The fourth-order valence-corrected chi connectivity index (χ4v) is 2.62. The van der Waals surface area contributed by atoms with Crippen LogP contribution in [0.1, 0.15) is 53.4 Å². The second kappa shape index (κ2) is 6.53. The van der Waals surface area contributed by atoms with Crippen molar-refractivity contribution in [1.29, 1.82) is 0 Å². The second-order valence-electron chi connectivity index (χ2n) is 5.95. The molecule has 0 bridgehead atoms. The molecule has 3 atom stereocenters. The Morgan fingerprint density at radius 1 is 1.50 bits per heavy atom. The Bertz CT molecular complexity index is 279. The lowest BCUT2D eigenvalue weighted by molar-refractivity contribution is -0.129.